The topological polar surface area (TPSA) is 384 Å². The van der Waals surface area contributed by atoms with Crippen molar-refractivity contribution in [3.05, 3.63) is 295 Å². The van der Waals surface area contributed by atoms with Gasteiger partial charge in [-0.25, -0.2) is 74.8 Å². The fourth-order valence-electron chi connectivity index (χ4n) is 16.4. The molecule has 0 saturated heterocycles. The predicted molar refractivity (Wildman–Crippen MR) is 461 cm³/mol. The van der Waals surface area contributed by atoms with E-state index in [9.17, 15) is 42.1 Å². The van der Waals surface area contributed by atoms with Crippen molar-refractivity contribution in [3.8, 4) is 48.6 Å². The van der Waals surface area contributed by atoms with Gasteiger partial charge in [0.25, 0.3) is 0 Å². The largest absolute Gasteiger partial charge is 0.245 e. The Hall–Kier alpha value is -18.6. The van der Waals surface area contributed by atoms with Crippen LogP contribution in [0.25, 0.3) is 218 Å². The van der Waals surface area contributed by atoms with Crippen LogP contribution in [0, 0.1) is 90.6 Å². The van der Waals surface area contributed by atoms with Gasteiger partial charge < -0.3 is 0 Å². The number of aromatic nitrogens is 15. The highest BCUT2D eigenvalue weighted by Crippen LogP contribution is 2.44. The Morgan fingerprint density at radius 2 is 0.408 bits per heavy atom. The standard InChI is InChI=1S/C26H12N4.C25H11N5.C24H10N6.C22H8N8/c27-13-22-23(14-28)30-26-24-18-8-4-3-5-15(18)9-10-19(24)20-11-16-6-1-2-7-17(16)12-21(20)25(26)29-22;26-12-20-21(13-27)30-25-23-18(11-15-6-2-4-8-19(15)28-23)17-10-9-14-5-1-3-7-16(14)22(17)24(25)29-20;25-11-18-19(12-26)30-24-22(29-18)20-14-6-2-1-5-13(14)9-10-15(20)21-23(24)28-17-8-4-3-7-16(17)27-21;23-9-14-15(10-24)28-20-18(27-14)16-12-4-2-1-3-11(12)5-6-13(16)17-19(20)30-22-21(29-17)25-7-8-26-22/h1-12H;1-11H;1-10H;1-8H. The number of pyridine rings is 1. The molecule has 23 nitrogen and oxygen atoms in total. The summed E-state index contributed by atoms with van der Waals surface area (Å²) < 4.78 is 0. The molecule has 0 N–H and O–H groups in total. The number of hydrogen-bond acceptors (Lipinski definition) is 23. The van der Waals surface area contributed by atoms with Crippen LogP contribution in [0.3, 0.4) is 0 Å². The molecule has 544 valence electrons. The Bertz CT molecular complexity index is 8130. The minimum absolute atomic E-state index is 0.00679. The fourth-order valence-corrected chi connectivity index (χ4v) is 16.4. The molecule has 8 aromatic heterocycles. The zero-order valence-electron chi connectivity index (χ0n) is 62.0. The fraction of sp³-hybridized carbons (Fsp3) is 0. The van der Waals surface area contributed by atoms with Crippen molar-refractivity contribution in [1.82, 2.24) is 74.8 Å². The van der Waals surface area contributed by atoms with Crippen molar-refractivity contribution in [3.63, 3.8) is 0 Å². The van der Waals surface area contributed by atoms with E-state index in [0.717, 1.165) is 135 Å². The van der Waals surface area contributed by atoms with Crippen molar-refractivity contribution < 1.29 is 0 Å². The van der Waals surface area contributed by atoms with Crippen LogP contribution < -0.4 is 0 Å². The summed E-state index contributed by atoms with van der Waals surface area (Å²) in [5, 5.41) is 97.9. The van der Waals surface area contributed by atoms with Gasteiger partial charge in [0.2, 0.25) is 0 Å². The third kappa shape index (κ3) is 10.9. The van der Waals surface area contributed by atoms with E-state index in [-0.39, 0.29) is 45.6 Å². The molecule has 0 saturated carbocycles. The second-order valence-corrected chi connectivity index (χ2v) is 28.1. The Morgan fingerprint density at radius 1 is 0.167 bits per heavy atom. The molecule has 0 fully saturated rings. The van der Waals surface area contributed by atoms with Crippen LogP contribution in [0.2, 0.25) is 0 Å². The molecule has 0 spiro atoms. The Kier molecular flexibility index (Phi) is 16.0. The van der Waals surface area contributed by atoms with E-state index >= 15 is 0 Å². The number of benzene rings is 16. The minimum atomic E-state index is -0.0491. The molecule has 0 radical (unpaired) electrons. The van der Waals surface area contributed by atoms with Gasteiger partial charge in [-0.05, 0) is 106 Å². The molecule has 24 rings (SSSR count). The highest BCUT2D eigenvalue weighted by molar-refractivity contribution is 6.34. The molecular formula is C97H41N23. The van der Waals surface area contributed by atoms with Crippen LogP contribution in [0.1, 0.15) is 45.6 Å². The maximum atomic E-state index is 9.55. The molecule has 0 bridgehead atoms. The first kappa shape index (κ1) is 69.3. The second-order valence-electron chi connectivity index (χ2n) is 28.1. The first-order valence-electron chi connectivity index (χ1n) is 37.3. The number of para-hydroxylation sites is 3. The molecular weight excluding hydrogens is 1490 g/mol. The Labute approximate surface area is 674 Å². The monoisotopic (exact) mass is 1530 g/mol. The lowest BCUT2D eigenvalue weighted by Gasteiger charge is -2.13. The average molecular weight is 1530 g/mol. The summed E-state index contributed by atoms with van der Waals surface area (Å²) in [4.78, 5) is 68.8. The molecule has 0 aliphatic rings. The first-order valence-corrected chi connectivity index (χ1v) is 37.3. The number of nitrogens with zero attached hydrogens (tertiary/aromatic N) is 23. The van der Waals surface area contributed by atoms with Gasteiger partial charge >= 0.3 is 0 Å². The third-order valence-corrected chi connectivity index (χ3v) is 21.6. The minimum Gasteiger partial charge on any atom is -0.245 e. The SMILES string of the molecule is N#Cc1nc2c3cc4ccccc4cc3c3ccc4ccccc4c3c2nc1C#N.N#Cc1nc2c3nc4ccccc4cc3c3ccc4ccccc4c3c2nc1C#N.N#Cc1nc2c3nc4ccccc4nc3c3ccc4ccccc4c3c2nc1C#N.N#Cc1nc2c3nc4nccnc4nc3c3ccc4ccccc4c3c2nc1C#N. The van der Waals surface area contributed by atoms with Crippen molar-refractivity contribution >= 4 is 218 Å². The molecule has 0 unspecified atom stereocenters. The van der Waals surface area contributed by atoms with E-state index in [1.165, 1.54) is 0 Å². The number of nitriles is 8. The third-order valence-electron chi connectivity index (χ3n) is 21.6. The molecule has 16 aromatic carbocycles. The average Bonchev–Trinajstić information content (AvgIpc) is 0.734. The van der Waals surface area contributed by atoms with Crippen molar-refractivity contribution in [2.24, 2.45) is 0 Å². The lowest BCUT2D eigenvalue weighted by molar-refractivity contribution is 1.19. The van der Waals surface area contributed by atoms with E-state index < -0.39 is 0 Å². The van der Waals surface area contributed by atoms with Gasteiger partial charge in [0.15, 0.2) is 56.8 Å². The van der Waals surface area contributed by atoms with Crippen LogP contribution >= 0.6 is 0 Å². The molecule has 120 heavy (non-hydrogen) atoms. The van der Waals surface area contributed by atoms with E-state index in [4.69, 9.17) is 19.9 Å². The molecule has 0 aliphatic carbocycles. The molecule has 0 amide bonds. The summed E-state index contributed by atoms with van der Waals surface area (Å²) in [5.41, 5.74) is 10.6. The first-order chi connectivity index (χ1) is 59.1. The molecule has 24 aromatic rings. The maximum absolute atomic E-state index is 9.55. The summed E-state index contributed by atoms with van der Waals surface area (Å²) in [6, 6.07) is 94.6. The highest BCUT2D eigenvalue weighted by atomic mass is 15.0. The van der Waals surface area contributed by atoms with E-state index in [0.29, 0.717) is 83.0 Å². The van der Waals surface area contributed by atoms with Gasteiger partial charge in [-0.2, -0.15) is 42.1 Å². The molecule has 23 heteroatoms. The lowest BCUT2D eigenvalue weighted by atomic mass is 9.93. The number of rotatable bonds is 0. The number of fused-ring (bicyclic) bond motifs is 36. The van der Waals surface area contributed by atoms with E-state index in [1.807, 2.05) is 218 Å². The van der Waals surface area contributed by atoms with E-state index in [2.05, 4.69) is 122 Å². The van der Waals surface area contributed by atoms with Crippen LogP contribution in [0.15, 0.2) is 249 Å². The Morgan fingerprint density at radius 3 is 0.833 bits per heavy atom. The summed E-state index contributed by atoms with van der Waals surface area (Å²) in [6.45, 7) is 0. The maximum Gasteiger partial charge on any atom is 0.198 e. The number of hydrogen-bond donors (Lipinski definition) is 0. The van der Waals surface area contributed by atoms with Gasteiger partial charge in [0.1, 0.15) is 98.2 Å². The Balaban J connectivity index is 0.0000000990. The van der Waals surface area contributed by atoms with E-state index in [1.54, 1.807) is 12.4 Å². The van der Waals surface area contributed by atoms with Crippen molar-refractivity contribution in [1.29, 1.82) is 42.1 Å². The van der Waals surface area contributed by atoms with Gasteiger partial charge in [0.05, 0.1) is 38.6 Å². The van der Waals surface area contributed by atoms with Crippen molar-refractivity contribution in [2.45, 2.75) is 0 Å². The van der Waals surface area contributed by atoms with Gasteiger partial charge in [-0.1, -0.05) is 200 Å². The smallest absolute Gasteiger partial charge is 0.198 e. The van der Waals surface area contributed by atoms with Gasteiger partial charge in [-0.15, -0.1) is 0 Å². The predicted octanol–water partition coefficient (Wildman–Crippen LogP) is 19.7. The van der Waals surface area contributed by atoms with Crippen LogP contribution in [-0.2, 0) is 0 Å². The zero-order valence-corrected chi connectivity index (χ0v) is 62.0. The molecule has 8 heterocycles. The van der Waals surface area contributed by atoms with Crippen LogP contribution in [0.5, 0.6) is 0 Å². The normalized spacial score (nSPS) is 11.3. The lowest BCUT2D eigenvalue weighted by Crippen LogP contribution is -2.01. The van der Waals surface area contributed by atoms with Crippen LogP contribution in [0.4, 0.5) is 0 Å². The summed E-state index contributed by atoms with van der Waals surface area (Å²) in [5.74, 6) is 0. The molecule has 0 aliphatic heterocycles. The summed E-state index contributed by atoms with van der Waals surface area (Å²) >= 11 is 0. The van der Waals surface area contributed by atoms with Gasteiger partial charge in [-0.3, -0.25) is 0 Å². The highest BCUT2D eigenvalue weighted by Gasteiger charge is 2.25. The summed E-state index contributed by atoms with van der Waals surface area (Å²) in [7, 11) is 0. The van der Waals surface area contributed by atoms with Gasteiger partial charge in [0, 0.05) is 60.9 Å². The second kappa shape index (κ2) is 27.6. The zero-order chi connectivity index (χ0) is 81.0. The molecule has 0 atom stereocenters. The quantitative estimate of drug-likeness (QED) is 0.100. The van der Waals surface area contributed by atoms with Crippen LogP contribution in [-0.4, -0.2) is 74.8 Å². The van der Waals surface area contributed by atoms with Crippen molar-refractivity contribution in [2.75, 3.05) is 0 Å². The summed E-state index contributed by atoms with van der Waals surface area (Å²) in [6.07, 6.45) is 3.11.